The van der Waals surface area contributed by atoms with Gasteiger partial charge in [0.15, 0.2) is 5.69 Å². The summed E-state index contributed by atoms with van der Waals surface area (Å²) in [5.74, 6) is -0.868. The number of aromatic amines is 1. The molecule has 0 radical (unpaired) electrons. The van der Waals surface area contributed by atoms with Crippen LogP contribution in [0.25, 0.3) is 0 Å². The van der Waals surface area contributed by atoms with E-state index in [1.165, 1.54) is 17.5 Å². The maximum absolute atomic E-state index is 11.9. The van der Waals surface area contributed by atoms with Crippen molar-refractivity contribution in [1.82, 2.24) is 15.4 Å². The highest BCUT2D eigenvalue weighted by molar-refractivity contribution is 7.16. The lowest BCUT2D eigenvalue weighted by atomic mass is 10.2. The van der Waals surface area contributed by atoms with Crippen LogP contribution in [0.5, 0.6) is 0 Å². The molecule has 0 aliphatic rings. The van der Waals surface area contributed by atoms with Gasteiger partial charge in [-0.05, 0) is 19.4 Å². The van der Waals surface area contributed by atoms with Crippen molar-refractivity contribution in [3.05, 3.63) is 28.4 Å². The molecule has 0 aliphatic heterocycles. The molecule has 7 nitrogen and oxygen atoms in total. The average Bonchev–Trinajstić information content (AvgIpc) is 3.08. The molecule has 2 heterocycles. The van der Waals surface area contributed by atoms with Crippen LogP contribution in [0.2, 0.25) is 0 Å². The molecular weight excluding hydrogens is 280 g/mol. The second-order valence-corrected chi connectivity index (χ2v) is 4.98. The number of hydrogen-bond acceptors (Lipinski definition) is 6. The molecule has 0 saturated carbocycles. The van der Waals surface area contributed by atoms with Gasteiger partial charge in [-0.25, -0.2) is 4.79 Å². The van der Waals surface area contributed by atoms with Crippen molar-refractivity contribution >= 4 is 28.2 Å². The molecule has 0 aromatic carbocycles. The van der Waals surface area contributed by atoms with Gasteiger partial charge in [0.05, 0.1) is 18.4 Å². The summed E-state index contributed by atoms with van der Waals surface area (Å²) in [7, 11) is 0. The number of carbonyl (C=O) groups excluding carboxylic acids is 2. The summed E-state index contributed by atoms with van der Waals surface area (Å²) in [4.78, 5) is 24.8. The standard InChI is InChI=1S/C12H14N4O3S/c1-3-7-5-8(12(18)19-4-2)11(20-7)14-10(17)9-6-13-16-15-9/h5-6H,3-4H2,1-2H3,(H,14,17)(H,13,15,16). The number of amides is 1. The Morgan fingerprint density at radius 3 is 2.85 bits per heavy atom. The van der Waals surface area contributed by atoms with Crippen LogP contribution in [-0.4, -0.2) is 33.9 Å². The third-order valence-electron chi connectivity index (χ3n) is 2.50. The van der Waals surface area contributed by atoms with E-state index in [1.54, 1.807) is 13.0 Å². The Labute approximate surface area is 119 Å². The Bertz CT molecular complexity index is 606. The molecule has 106 valence electrons. The predicted molar refractivity (Wildman–Crippen MR) is 74.0 cm³/mol. The molecule has 0 bridgehead atoms. The quantitative estimate of drug-likeness (QED) is 0.820. The highest BCUT2D eigenvalue weighted by atomic mass is 32.1. The summed E-state index contributed by atoms with van der Waals surface area (Å²) in [6.45, 7) is 4.00. The largest absolute Gasteiger partial charge is 0.462 e. The summed E-state index contributed by atoms with van der Waals surface area (Å²) in [5.41, 5.74) is 0.525. The van der Waals surface area contributed by atoms with Crippen LogP contribution in [0.3, 0.4) is 0 Å². The predicted octanol–water partition coefficient (Wildman–Crippen LogP) is 1.86. The van der Waals surface area contributed by atoms with Gasteiger partial charge in [0, 0.05) is 4.88 Å². The van der Waals surface area contributed by atoms with Crippen molar-refractivity contribution in [1.29, 1.82) is 0 Å². The molecule has 2 aromatic heterocycles. The Balaban J connectivity index is 2.23. The van der Waals surface area contributed by atoms with Crippen LogP contribution in [0.15, 0.2) is 12.3 Å². The van der Waals surface area contributed by atoms with E-state index in [4.69, 9.17) is 4.74 Å². The third kappa shape index (κ3) is 3.02. The maximum Gasteiger partial charge on any atom is 0.341 e. The maximum atomic E-state index is 11.9. The molecule has 0 atom stereocenters. The molecule has 0 aliphatic carbocycles. The van der Waals surface area contributed by atoms with Crippen molar-refractivity contribution in [3.8, 4) is 0 Å². The molecule has 0 saturated heterocycles. The van der Waals surface area contributed by atoms with E-state index in [1.807, 2.05) is 6.92 Å². The minimum absolute atomic E-state index is 0.159. The fourth-order valence-corrected chi connectivity index (χ4v) is 2.53. The first kappa shape index (κ1) is 14.2. The molecule has 2 N–H and O–H groups in total. The van der Waals surface area contributed by atoms with Gasteiger partial charge in [0.25, 0.3) is 5.91 Å². The van der Waals surface area contributed by atoms with Crippen LogP contribution in [0.1, 0.15) is 39.6 Å². The van der Waals surface area contributed by atoms with E-state index in [-0.39, 0.29) is 12.3 Å². The number of ether oxygens (including phenoxy) is 1. The second kappa shape index (κ2) is 6.29. The minimum atomic E-state index is -0.445. The normalized spacial score (nSPS) is 10.3. The van der Waals surface area contributed by atoms with Gasteiger partial charge < -0.3 is 10.1 Å². The number of nitrogens with zero attached hydrogens (tertiary/aromatic N) is 2. The van der Waals surface area contributed by atoms with E-state index in [9.17, 15) is 9.59 Å². The second-order valence-electron chi connectivity index (χ2n) is 3.84. The molecule has 0 spiro atoms. The van der Waals surface area contributed by atoms with Crippen LogP contribution in [0.4, 0.5) is 5.00 Å². The summed E-state index contributed by atoms with van der Waals surface area (Å²) in [6.07, 6.45) is 2.09. The zero-order valence-electron chi connectivity index (χ0n) is 11.1. The van der Waals surface area contributed by atoms with E-state index >= 15 is 0 Å². The first-order chi connectivity index (χ1) is 9.65. The number of rotatable bonds is 5. The van der Waals surface area contributed by atoms with Crippen molar-refractivity contribution in [2.24, 2.45) is 0 Å². The minimum Gasteiger partial charge on any atom is -0.462 e. The van der Waals surface area contributed by atoms with E-state index in [2.05, 4.69) is 20.7 Å². The molecule has 20 heavy (non-hydrogen) atoms. The average molecular weight is 294 g/mol. The van der Waals surface area contributed by atoms with E-state index in [0.29, 0.717) is 10.6 Å². The Hall–Kier alpha value is -2.22. The topological polar surface area (TPSA) is 97.0 Å². The zero-order valence-corrected chi connectivity index (χ0v) is 11.9. The Morgan fingerprint density at radius 1 is 1.45 bits per heavy atom. The number of H-pyrrole nitrogens is 1. The highest BCUT2D eigenvalue weighted by Crippen LogP contribution is 2.29. The fraction of sp³-hybridized carbons (Fsp3) is 0.333. The molecule has 0 unspecified atom stereocenters. The molecule has 2 aromatic rings. The lowest BCUT2D eigenvalue weighted by Crippen LogP contribution is -2.14. The smallest absolute Gasteiger partial charge is 0.341 e. The number of hydrogen-bond donors (Lipinski definition) is 2. The molecule has 8 heteroatoms. The first-order valence-electron chi connectivity index (χ1n) is 6.12. The van der Waals surface area contributed by atoms with Crippen LogP contribution >= 0.6 is 11.3 Å². The molecule has 0 fully saturated rings. The van der Waals surface area contributed by atoms with Crippen molar-refractivity contribution in [2.45, 2.75) is 20.3 Å². The summed E-state index contributed by atoms with van der Waals surface area (Å²) in [6, 6.07) is 1.74. The first-order valence-corrected chi connectivity index (χ1v) is 6.94. The van der Waals surface area contributed by atoms with Gasteiger partial charge in [-0.3, -0.25) is 4.79 Å². The van der Waals surface area contributed by atoms with Crippen LogP contribution in [-0.2, 0) is 11.2 Å². The number of nitrogens with one attached hydrogen (secondary N) is 2. The third-order valence-corrected chi connectivity index (χ3v) is 3.70. The number of thiophene rings is 1. The summed E-state index contributed by atoms with van der Waals surface area (Å²) >= 11 is 1.35. The van der Waals surface area contributed by atoms with Gasteiger partial charge in [0.1, 0.15) is 5.00 Å². The van der Waals surface area contributed by atoms with E-state index in [0.717, 1.165) is 11.3 Å². The number of carbonyl (C=O) groups is 2. The fourth-order valence-electron chi connectivity index (χ4n) is 1.55. The lowest BCUT2D eigenvalue weighted by molar-refractivity contribution is 0.0528. The molecule has 1 amide bonds. The Kier molecular flexibility index (Phi) is 4.46. The monoisotopic (exact) mass is 294 g/mol. The van der Waals surface area contributed by atoms with Crippen LogP contribution in [0, 0.1) is 0 Å². The number of anilines is 1. The van der Waals surface area contributed by atoms with Gasteiger partial charge in [-0.2, -0.15) is 15.4 Å². The van der Waals surface area contributed by atoms with Gasteiger partial charge in [-0.1, -0.05) is 6.92 Å². The highest BCUT2D eigenvalue weighted by Gasteiger charge is 2.19. The lowest BCUT2D eigenvalue weighted by Gasteiger charge is -2.04. The van der Waals surface area contributed by atoms with Crippen molar-refractivity contribution in [2.75, 3.05) is 11.9 Å². The molecular formula is C12H14N4O3S. The van der Waals surface area contributed by atoms with Gasteiger partial charge in [-0.15, -0.1) is 11.3 Å². The zero-order chi connectivity index (χ0) is 14.5. The van der Waals surface area contributed by atoms with E-state index < -0.39 is 11.9 Å². The van der Waals surface area contributed by atoms with Gasteiger partial charge >= 0.3 is 5.97 Å². The van der Waals surface area contributed by atoms with Crippen LogP contribution < -0.4 is 5.32 Å². The van der Waals surface area contributed by atoms with Gasteiger partial charge in [0.2, 0.25) is 0 Å². The number of aryl methyl sites for hydroxylation is 1. The summed E-state index contributed by atoms with van der Waals surface area (Å²) in [5, 5.41) is 12.7. The summed E-state index contributed by atoms with van der Waals surface area (Å²) < 4.78 is 4.98. The SMILES string of the molecule is CCOC(=O)c1cc(CC)sc1NC(=O)c1cn[nH]n1. The molecule has 2 rings (SSSR count). The Morgan fingerprint density at radius 2 is 2.25 bits per heavy atom. The number of aromatic nitrogens is 3. The van der Waals surface area contributed by atoms with Crippen molar-refractivity contribution in [3.63, 3.8) is 0 Å². The van der Waals surface area contributed by atoms with Crippen molar-refractivity contribution < 1.29 is 14.3 Å². The number of esters is 1.